The third-order valence-corrected chi connectivity index (χ3v) is 8.04. The molecule has 0 aromatic heterocycles. The Morgan fingerprint density at radius 1 is 1.03 bits per heavy atom. The summed E-state index contributed by atoms with van der Waals surface area (Å²) < 4.78 is 28.1. The smallest absolute Gasteiger partial charge is 0.321 e. The zero-order chi connectivity index (χ0) is 22.2. The lowest BCUT2D eigenvalue weighted by molar-refractivity contribution is 0.247. The van der Waals surface area contributed by atoms with E-state index in [4.69, 9.17) is 11.6 Å². The van der Waals surface area contributed by atoms with E-state index in [1.54, 1.807) is 27.4 Å². The second kappa shape index (κ2) is 8.68. The van der Waals surface area contributed by atoms with E-state index >= 15 is 0 Å². The molecular formula is C22H27ClN4O3S. The lowest BCUT2D eigenvalue weighted by Gasteiger charge is -2.36. The summed E-state index contributed by atoms with van der Waals surface area (Å²) in [5, 5.41) is 3.47. The van der Waals surface area contributed by atoms with E-state index in [2.05, 4.69) is 10.2 Å². The Morgan fingerprint density at radius 2 is 1.77 bits per heavy atom. The number of aryl methyl sites for hydroxylation is 1. The minimum absolute atomic E-state index is 0.149. The fraction of sp³-hybridized carbons (Fsp3) is 0.409. The first-order chi connectivity index (χ1) is 14.8. The number of hydrogen-bond donors (Lipinski definition) is 1. The van der Waals surface area contributed by atoms with Crippen LogP contribution in [0.3, 0.4) is 0 Å². The largest absolute Gasteiger partial charge is 0.369 e. The van der Waals surface area contributed by atoms with Gasteiger partial charge in [0.15, 0.2) is 0 Å². The van der Waals surface area contributed by atoms with Crippen LogP contribution < -0.4 is 15.1 Å². The van der Waals surface area contributed by atoms with Crippen molar-refractivity contribution in [2.75, 3.05) is 49.1 Å². The standard InChI is InChI=1S/C22H27ClN4O3S/c1-3-24-22(28)27-9-8-17-14-19(6-7-20(17)27)31(29,30)26-12-10-25(11-13-26)21-15-18(23)5-4-16(21)2/h4-7,14-15H,3,8-13H2,1-2H3,(H,24,28). The highest BCUT2D eigenvalue weighted by Gasteiger charge is 2.31. The number of amides is 2. The van der Waals surface area contributed by atoms with Crippen LogP contribution in [-0.4, -0.2) is 58.0 Å². The number of nitrogens with one attached hydrogen (secondary N) is 1. The van der Waals surface area contributed by atoms with E-state index in [9.17, 15) is 13.2 Å². The van der Waals surface area contributed by atoms with Gasteiger partial charge in [0.05, 0.1) is 4.90 Å². The maximum absolute atomic E-state index is 13.3. The van der Waals surface area contributed by atoms with Gasteiger partial charge >= 0.3 is 6.03 Å². The van der Waals surface area contributed by atoms with Crippen molar-refractivity contribution in [3.8, 4) is 0 Å². The number of benzene rings is 2. The van der Waals surface area contributed by atoms with Crippen molar-refractivity contribution < 1.29 is 13.2 Å². The van der Waals surface area contributed by atoms with Crippen molar-refractivity contribution in [2.24, 2.45) is 0 Å². The summed E-state index contributed by atoms with van der Waals surface area (Å²) in [6, 6.07) is 10.7. The summed E-state index contributed by atoms with van der Waals surface area (Å²) in [5.41, 5.74) is 3.84. The van der Waals surface area contributed by atoms with E-state index in [0.29, 0.717) is 50.7 Å². The third kappa shape index (κ3) is 4.24. The Kier molecular flexibility index (Phi) is 6.14. The van der Waals surface area contributed by atoms with Crippen molar-refractivity contribution in [3.63, 3.8) is 0 Å². The maximum Gasteiger partial charge on any atom is 0.321 e. The number of anilines is 2. The highest BCUT2D eigenvalue weighted by molar-refractivity contribution is 7.89. The van der Waals surface area contributed by atoms with Crippen molar-refractivity contribution in [2.45, 2.75) is 25.2 Å². The van der Waals surface area contributed by atoms with Gasteiger partial charge in [-0.2, -0.15) is 4.31 Å². The lowest BCUT2D eigenvalue weighted by Crippen LogP contribution is -2.48. The molecule has 0 atom stereocenters. The number of hydrogen-bond acceptors (Lipinski definition) is 4. The number of rotatable bonds is 4. The summed E-state index contributed by atoms with van der Waals surface area (Å²) in [5.74, 6) is 0. The number of piperazine rings is 1. The quantitative estimate of drug-likeness (QED) is 0.757. The molecule has 31 heavy (non-hydrogen) atoms. The van der Waals surface area contributed by atoms with Gasteiger partial charge in [0.1, 0.15) is 0 Å². The fourth-order valence-corrected chi connectivity index (χ4v) is 5.88. The van der Waals surface area contributed by atoms with Gasteiger partial charge in [-0.05, 0) is 61.7 Å². The van der Waals surface area contributed by atoms with E-state index in [1.165, 1.54) is 0 Å². The Balaban J connectivity index is 1.49. The summed E-state index contributed by atoms with van der Waals surface area (Å²) in [4.78, 5) is 16.3. The van der Waals surface area contributed by atoms with Crippen LogP contribution in [0.15, 0.2) is 41.3 Å². The molecule has 166 valence electrons. The molecule has 0 radical (unpaired) electrons. The monoisotopic (exact) mass is 462 g/mol. The van der Waals surface area contributed by atoms with Gasteiger partial charge in [0.2, 0.25) is 10.0 Å². The molecule has 2 amide bonds. The highest BCUT2D eigenvalue weighted by atomic mass is 35.5. The van der Waals surface area contributed by atoms with Gasteiger partial charge in [-0.15, -0.1) is 0 Å². The molecule has 0 saturated carbocycles. The SMILES string of the molecule is CCNC(=O)N1CCc2cc(S(=O)(=O)N3CCN(c4cc(Cl)ccc4C)CC3)ccc21. The van der Waals surface area contributed by atoms with Gasteiger partial charge in [-0.3, -0.25) is 4.90 Å². The molecule has 4 rings (SSSR count). The van der Waals surface area contributed by atoms with Crippen LogP contribution in [0.25, 0.3) is 0 Å². The summed E-state index contributed by atoms with van der Waals surface area (Å²) in [6.45, 7) is 7.06. The van der Waals surface area contributed by atoms with Crippen LogP contribution in [0.5, 0.6) is 0 Å². The average Bonchev–Trinajstić information content (AvgIpc) is 3.19. The first kappa shape index (κ1) is 21.9. The van der Waals surface area contributed by atoms with Crippen molar-refractivity contribution >= 4 is 39.0 Å². The zero-order valence-corrected chi connectivity index (χ0v) is 19.3. The Labute approximate surface area is 188 Å². The molecule has 2 aromatic carbocycles. The molecule has 2 aliphatic rings. The summed E-state index contributed by atoms with van der Waals surface area (Å²) >= 11 is 6.15. The highest BCUT2D eigenvalue weighted by Crippen LogP contribution is 2.32. The molecule has 0 bridgehead atoms. The molecule has 2 aliphatic heterocycles. The van der Waals surface area contributed by atoms with Crippen LogP contribution in [0.1, 0.15) is 18.1 Å². The van der Waals surface area contributed by atoms with Gasteiger partial charge in [0, 0.05) is 55.7 Å². The summed E-state index contributed by atoms with van der Waals surface area (Å²) in [7, 11) is -3.59. The van der Waals surface area contributed by atoms with Gasteiger partial charge in [0.25, 0.3) is 0 Å². The number of urea groups is 1. The second-order valence-electron chi connectivity index (χ2n) is 7.85. The number of carbonyl (C=O) groups excluding carboxylic acids is 1. The Bertz CT molecular complexity index is 1100. The number of sulfonamides is 1. The topological polar surface area (TPSA) is 73.0 Å². The first-order valence-electron chi connectivity index (χ1n) is 10.5. The molecule has 2 aromatic rings. The predicted octanol–water partition coefficient (Wildman–Crippen LogP) is 3.25. The van der Waals surface area contributed by atoms with Crippen LogP contribution in [0, 0.1) is 6.92 Å². The molecule has 7 nitrogen and oxygen atoms in total. The molecule has 0 aliphatic carbocycles. The van der Waals surface area contributed by atoms with Crippen molar-refractivity contribution in [1.82, 2.24) is 9.62 Å². The van der Waals surface area contributed by atoms with Gasteiger partial charge < -0.3 is 10.2 Å². The van der Waals surface area contributed by atoms with Crippen LogP contribution in [0.4, 0.5) is 16.2 Å². The van der Waals surface area contributed by atoms with E-state index in [0.717, 1.165) is 22.5 Å². The number of carbonyl (C=O) groups is 1. The number of halogens is 1. The minimum atomic E-state index is -3.59. The Morgan fingerprint density at radius 3 is 2.48 bits per heavy atom. The molecule has 1 fully saturated rings. The maximum atomic E-state index is 13.3. The van der Waals surface area contributed by atoms with Gasteiger partial charge in [-0.25, -0.2) is 13.2 Å². The van der Waals surface area contributed by atoms with E-state index in [-0.39, 0.29) is 10.9 Å². The molecule has 1 N–H and O–H groups in total. The van der Waals surface area contributed by atoms with E-state index in [1.807, 2.05) is 32.0 Å². The first-order valence-corrected chi connectivity index (χ1v) is 12.3. The lowest BCUT2D eigenvalue weighted by atomic mass is 10.1. The van der Waals surface area contributed by atoms with Crippen LogP contribution >= 0.6 is 11.6 Å². The molecular weight excluding hydrogens is 436 g/mol. The second-order valence-corrected chi connectivity index (χ2v) is 10.2. The zero-order valence-electron chi connectivity index (χ0n) is 17.8. The normalized spacial score (nSPS) is 17.0. The fourth-order valence-electron chi connectivity index (χ4n) is 4.24. The molecule has 1 saturated heterocycles. The van der Waals surface area contributed by atoms with Crippen molar-refractivity contribution in [1.29, 1.82) is 0 Å². The molecule has 2 heterocycles. The molecule has 0 unspecified atom stereocenters. The number of nitrogens with zero attached hydrogens (tertiary/aromatic N) is 3. The minimum Gasteiger partial charge on any atom is -0.369 e. The van der Waals surface area contributed by atoms with E-state index < -0.39 is 10.0 Å². The van der Waals surface area contributed by atoms with Crippen LogP contribution in [-0.2, 0) is 16.4 Å². The van der Waals surface area contributed by atoms with Crippen molar-refractivity contribution in [3.05, 3.63) is 52.5 Å². The third-order valence-electron chi connectivity index (χ3n) is 5.91. The van der Waals surface area contributed by atoms with Crippen LogP contribution in [0.2, 0.25) is 5.02 Å². The van der Waals surface area contributed by atoms with Gasteiger partial charge in [-0.1, -0.05) is 17.7 Å². The molecule has 0 spiro atoms. The Hall–Kier alpha value is -2.29. The predicted molar refractivity (Wildman–Crippen MR) is 124 cm³/mol. The number of fused-ring (bicyclic) bond motifs is 1. The average molecular weight is 463 g/mol. The summed E-state index contributed by atoms with van der Waals surface area (Å²) in [6.07, 6.45) is 0.650. The molecule has 9 heteroatoms.